The topological polar surface area (TPSA) is 101 Å². The van der Waals surface area contributed by atoms with E-state index in [0.29, 0.717) is 11.4 Å². The highest BCUT2D eigenvalue weighted by Crippen LogP contribution is 2.26. The molecule has 1 aromatic heterocycles. The number of ether oxygens (including phenoxy) is 1. The van der Waals surface area contributed by atoms with Gasteiger partial charge in [0, 0.05) is 18.5 Å². The van der Waals surface area contributed by atoms with Crippen LogP contribution >= 0.6 is 0 Å². The lowest BCUT2D eigenvalue weighted by Gasteiger charge is -2.24. The molecule has 1 amide bonds. The van der Waals surface area contributed by atoms with Crippen molar-refractivity contribution in [2.24, 2.45) is 5.10 Å². The molecule has 0 bridgehead atoms. The van der Waals surface area contributed by atoms with Gasteiger partial charge >= 0.3 is 0 Å². The minimum Gasteiger partial charge on any atom is -0.497 e. The number of sulfonamides is 1. The Morgan fingerprint density at radius 2 is 1.83 bits per heavy atom. The van der Waals surface area contributed by atoms with Gasteiger partial charge in [0.2, 0.25) is 0 Å². The summed E-state index contributed by atoms with van der Waals surface area (Å²) in [5.41, 5.74) is 3.40. The van der Waals surface area contributed by atoms with Crippen LogP contribution in [0.2, 0.25) is 0 Å². The average molecular weight is 424 g/mol. The number of nitrogens with one attached hydrogen (secondary N) is 1. The maximum Gasteiger partial charge on any atom is 0.264 e. The third kappa shape index (κ3) is 5.21. The molecule has 0 fully saturated rings. The molecule has 30 heavy (non-hydrogen) atoms. The second-order valence-corrected chi connectivity index (χ2v) is 7.96. The molecule has 0 atom stereocenters. The van der Waals surface area contributed by atoms with Gasteiger partial charge in [-0.2, -0.15) is 5.10 Å². The Morgan fingerprint density at radius 1 is 1.10 bits per heavy atom. The van der Waals surface area contributed by atoms with Crippen LogP contribution in [0.25, 0.3) is 0 Å². The quantitative estimate of drug-likeness (QED) is 0.442. The van der Waals surface area contributed by atoms with Crippen molar-refractivity contribution in [2.45, 2.75) is 4.90 Å². The number of hydrazone groups is 1. The zero-order valence-corrected chi connectivity index (χ0v) is 17.0. The molecule has 0 saturated carbocycles. The molecule has 0 unspecified atom stereocenters. The summed E-state index contributed by atoms with van der Waals surface area (Å²) in [6.45, 7) is -0.460. The SMILES string of the molecule is COc1cccc(N(CC(=O)N/N=C\c2ccncc2)S(=O)(=O)c2ccccc2)c1. The fourth-order valence-electron chi connectivity index (χ4n) is 2.59. The molecule has 0 aliphatic carbocycles. The molecule has 9 heteroatoms. The Labute approximate surface area is 174 Å². The summed E-state index contributed by atoms with van der Waals surface area (Å²) < 4.78 is 32.7. The lowest BCUT2D eigenvalue weighted by Crippen LogP contribution is -2.39. The van der Waals surface area contributed by atoms with Gasteiger partial charge in [-0.15, -0.1) is 0 Å². The number of rotatable bonds is 8. The molecule has 8 nitrogen and oxygen atoms in total. The van der Waals surface area contributed by atoms with Gasteiger partial charge in [0.15, 0.2) is 0 Å². The number of anilines is 1. The molecule has 0 aliphatic rings. The summed E-state index contributed by atoms with van der Waals surface area (Å²) in [5, 5.41) is 3.88. The van der Waals surface area contributed by atoms with Gasteiger partial charge in [-0.1, -0.05) is 24.3 Å². The Hall–Kier alpha value is -3.72. The van der Waals surface area contributed by atoms with Crippen LogP contribution in [0.15, 0.2) is 89.1 Å². The number of amides is 1. The minimum atomic E-state index is -3.99. The van der Waals surface area contributed by atoms with Crippen molar-refractivity contribution in [1.82, 2.24) is 10.4 Å². The highest BCUT2D eigenvalue weighted by molar-refractivity contribution is 7.92. The second-order valence-electron chi connectivity index (χ2n) is 6.10. The Bertz CT molecular complexity index is 1120. The van der Waals surface area contributed by atoms with Crippen LogP contribution in [0.1, 0.15) is 5.56 Å². The summed E-state index contributed by atoms with van der Waals surface area (Å²) in [5.74, 6) is -0.125. The fourth-order valence-corrected chi connectivity index (χ4v) is 4.03. The minimum absolute atomic E-state index is 0.0703. The number of benzene rings is 2. The number of nitrogens with zero attached hydrogens (tertiary/aromatic N) is 3. The molecule has 1 heterocycles. The van der Waals surface area contributed by atoms with Crippen molar-refractivity contribution in [3.8, 4) is 5.75 Å². The summed E-state index contributed by atoms with van der Waals surface area (Å²) >= 11 is 0. The van der Waals surface area contributed by atoms with Gasteiger partial charge in [0.1, 0.15) is 12.3 Å². The Balaban J connectivity index is 1.86. The number of hydrogen-bond donors (Lipinski definition) is 1. The van der Waals surface area contributed by atoms with Gasteiger partial charge in [0.25, 0.3) is 15.9 Å². The standard InChI is InChI=1S/C21H20N4O4S/c1-29-19-7-5-6-18(14-19)25(30(27,28)20-8-3-2-4-9-20)16-21(26)24-23-15-17-10-12-22-13-11-17/h2-15H,16H2,1H3,(H,24,26)/b23-15-. The normalized spacial score (nSPS) is 11.2. The van der Waals surface area contributed by atoms with Crippen LogP contribution in [-0.4, -0.2) is 39.2 Å². The van der Waals surface area contributed by atoms with Crippen molar-refractivity contribution in [3.05, 3.63) is 84.7 Å². The largest absolute Gasteiger partial charge is 0.497 e. The lowest BCUT2D eigenvalue weighted by atomic mass is 10.3. The van der Waals surface area contributed by atoms with E-state index in [2.05, 4.69) is 15.5 Å². The Kier molecular flexibility index (Phi) is 6.76. The van der Waals surface area contributed by atoms with Crippen LogP contribution in [-0.2, 0) is 14.8 Å². The second kappa shape index (κ2) is 9.66. The fraction of sp³-hybridized carbons (Fsp3) is 0.0952. The van der Waals surface area contributed by atoms with Crippen molar-refractivity contribution < 1.29 is 17.9 Å². The molecular formula is C21H20N4O4S. The number of hydrogen-bond acceptors (Lipinski definition) is 6. The smallest absolute Gasteiger partial charge is 0.264 e. The third-order valence-electron chi connectivity index (χ3n) is 4.07. The van der Waals surface area contributed by atoms with E-state index in [1.807, 2.05) is 0 Å². The molecule has 3 rings (SSSR count). The summed E-state index contributed by atoms with van der Waals surface area (Å²) in [4.78, 5) is 16.4. The molecular weight excluding hydrogens is 404 g/mol. The van der Waals surface area contributed by atoms with Crippen LogP contribution < -0.4 is 14.5 Å². The first kappa shape index (κ1) is 21.0. The van der Waals surface area contributed by atoms with Crippen molar-refractivity contribution >= 4 is 27.8 Å². The van der Waals surface area contributed by atoms with Crippen LogP contribution in [0.4, 0.5) is 5.69 Å². The van der Waals surface area contributed by atoms with E-state index in [0.717, 1.165) is 9.87 Å². The highest BCUT2D eigenvalue weighted by Gasteiger charge is 2.27. The van der Waals surface area contributed by atoms with E-state index < -0.39 is 22.5 Å². The molecule has 0 saturated heterocycles. The molecule has 1 N–H and O–H groups in total. The number of methoxy groups -OCH3 is 1. The summed E-state index contributed by atoms with van der Waals surface area (Å²) in [6.07, 6.45) is 4.64. The van der Waals surface area contributed by atoms with Gasteiger partial charge in [-0.05, 0) is 42.0 Å². The molecule has 0 aliphatic heterocycles. The number of aromatic nitrogens is 1. The maximum absolute atomic E-state index is 13.2. The van der Waals surface area contributed by atoms with Gasteiger partial charge in [-0.25, -0.2) is 13.8 Å². The molecule has 154 valence electrons. The van der Waals surface area contributed by atoms with Crippen LogP contribution in [0.3, 0.4) is 0 Å². The van der Waals surface area contributed by atoms with Gasteiger partial charge in [0.05, 0.1) is 23.9 Å². The van der Waals surface area contributed by atoms with Crippen molar-refractivity contribution in [1.29, 1.82) is 0 Å². The van der Waals surface area contributed by atoms with E-state index in [-0.39, 0.29) is 4.90 Å². The molecule has 3 aromatic rings. The van der Waals surface area contributed by atoms with E-state index in [4.69, 9.17) is 4.74 Å². The van der Waals surface area contributed by atoms with Gasteiger partial charge in [-0.3, -0.25) is 14.1 Å². The predicted molar refractivity (Wildman–Crippen MR) is 114 cm³/mol. The first-order valence-electron chi connectivity index (χ1n) is 8.94. The highest BCUT2D eigenvalue weighted by atomic mass is 32.2. The third-order valence-corrected chi connectivity index (χ3v) is 5.86. The van der Waals surface area contributed by atoms with Crippen molar-refractivity contribution in [2.75, 3.05) is 18.0 Å². The van der Waals surface area contributed by atoms with Crippen LogP contribution in [0, 0.1) is 0 Å². The zero-order valence-electron chi connectivity index (χ0n) is 16.2. The summed E-state index contributed by atoms with van der Waals surface area (Å²) in [7, 11) is -2.51. The van der Waals surface area contributed by atoms with E-state index in [1.54, 1.807) is 67.0 Å². The Morgan fingerprint density at radius 3 is 2.53 bits per heavy atom. The van der Waals surface area contributed by atoms with Crippen LogP contribution in [0.5, 0.6) is 5.75 Å². The molecule has 0 spiro atoms. The first-order chi connectivity index (χ1) is 14.5. The van der Waals surface area contributed by atoms with E-state index in [9.17, 15) is 13.2 Å². The molecule has 2 aromatic carbocycles. The zero-order chi connectivity index (χ0) is 21.4. The number of carbonyl (C=O) groups is 1. The van der Waals surface area contributed by atoms with E-state index >= 15 is 0 Å². The maximum atomic E-state index is 13.2. The number of pyridine rings is 1. The predicted octanol–water partition coefficient (Wildman–Crippen LogP) is 2.44. The van der Waals surface area contributed by atoms with E-state index in [1.165, 1.54) is 25.5 Å². The average Bonchev–Trinajstić information content (AvgIpc) is 2.78. The number of carbonyl (C=O) groups excluding carboxylic acids is 1. The van der Waals surface area contributed by atoms with Gasteiger partial charge < -0.3 is 4.74 Å². The lowest BCUT2D eigenvalue weighted by molar-refractivity contribution is -0.119. The monoisotopic (exact) mass is 424 g/mol. The molecule has 0 radical (unpaired) electrons. The van der Waals surface area contributed by atoms with Crippen molar-refractivity contribution in [3.63, 3.8) is 0 Å². The summed E-state index contributed by atoms with van der Waals surface area (Å²) in [6, 6.07) is 17.8. The first-order valence-corrected chi connectivity index (χ1v) is 10.4.